The van der Waals surface area contributed by atoms with Gasteiger partial charge < -0.3 is 0 Å². The normalized spacial score (nSPS) is 14.3. The van der Waals surface area contributed by atoms with Crippen LogP contribution in [0.4, 0.5) is 0 Å². The van der Waals surface area contributed by atoms with Crippen LogP contribution in [0.5, 0.6) is 0 Å². The van der Waals surface area contributed by atoms with Crippen molar-refractivity contribution in [2.75, 3.05) is 0 Å². The van der Waals surface area contributed by atoms with Gasteiger partial charge in [-0.05, 0) is 31.4 Å². The highest BCUT2D eigenvalue weighted by molar-refractivity contribution is 7.17. The molecule has 3 aromatic rings. The molecule has 0 aliphatic heterocycles. The molecular weight excluding hydrogens is 264 g/mol. The van der Waals surface area contributed by atoms with Crippen molar-refractivity contribution in [1.29, 1.82) is 0 Å². The number of aryl methyl sites for hydroxylation is 2. The van der Waals surface area contributed by atoms with Crippen LogP contribution in [0.1, 0.15) is 17.0 Å². The summed E-state index contributed by atoms with van der Waals surface area (Å²) < 4.78 is 2.26. The Hall–Kier alpha value is -1.32. The predicted molar refractivity (Wildman–Crippen MR) is 75.5 cm³/mol. The molecule has 0 spiro atoms. The molecule has 0 amide bonds. The zero-order valence-corrected chi connectivity index (χ0v) is 11.3. The SMILES string of the molecule is Clc1ccc(-c2cn3c4c(sc3n2)CCC4)cc1. The fraction of sp³-hybridized carbons (Fsp3) is 0.214. The Bertz CT molecular complexity index is 724. The standard InChI is InChI=1S/C14H11ClN2S/c15-10-6-4-9(5-7-10)11-8-17-12-2-1-3-13(12)18-14(17)16-11/h4-8H,1-3H2. The Kier molecular flexibility index (Phi) is 2.26. The number of imidazole rings is 1. The maximum atomic E-state index is 5.91. The van der Waals surface area contributed by atoms with Crippen molar-refractivity contribution < 1.29 is 0 Å². The number of rotatable bonds is 1. The Morgan fingerprint density at radius 1 is 1.17 bits per heavy atom. The summed E-state index contributed by atoms with van der Waals surface area (Å²) >= 11 is 7.74. The Balaban J connectivity index is 1.86. The highest BCUT2D eigenvalue weighted by Crippen LogP contribution is 2.32. The van der Waals surface area contributed by atoms with Crippen molar-refractivity contribution >= 4 is 27.9 Å². The van der Waals surface area contributed by atoms with Gasteiger partial charge in [0.15, 0.2) is 4.96 Å². The van der Waals surface area contributed by atoms with Crippen molar-refractivity contribution in [2.45, 2.75) is 19.3 Å². The number of halogens is 1. The Labute approximate surface area is 114 Å². The molecule has 2 nitrogen and oxygen atoms in total. The number of hydrogen-bond acceptors (Lipinski definition) is 2. The zero-order chi connectivity index (χ0) is 12.1. The van der Waals surface area contributed by atoms with E-state index in [9.17, 15) is 0 Å². The molecule has 0 bridgehead atoms. The summed E-state index contributed by atoms with van der Waals surface area (Å²) in [5.74, 6) is 0. The van der Waals surface area contributed by atoms with Gasteiger partial charge >= 0.3 is 0 Å². The van der Waals surface area contributed by atoms with Crippen LogP contribution in [0, 0.1) is 0 Å². The molecule has 0 atom stereocenters. The molecule has 90 valence electrons. The van der Waals surface area contributed by atoms with E-state index in [1.807, 2.05) is 35.6 Å². The average Bonchev–Trinajstić information content (AvgIpc) is 3.00. The second-order valence-corrected chi connectivity index (χ2v) is 6.11. The van der Waals surface area contributed by atoms with Gasteiger partial charge in [-0.3, -0.25) is 4.40 Å². The Morgan fingerprint density at radius 2 is 2.00 bits per heavy atom. The lowest BCUT2D eigenvalue weighted by Crippen LogP contribution is -1.85. The van der Waals surface area contributed by atoms with Crippen molar-refractivity contribution in [3.05, 3.63) is 46.1 Å². The topological polar surface area (TPSA) is 17.3 Å². The summed E-state index contributed by atoms with van der Waals surface area (Å²) in [6, 6.07) is 7.87. The maximum Gasteiger partial charge on any atom is 0.194 e. The third kappa shape index (κ3) is 1.51. The smallest absolute Gasteiger partial charge is 0.194 e. The third-order valence-electron chi connectivity index (χ3n) is 3.46. The van der Waals surface area contributed by atoms with Gasteiger partial charge in [-0.1, -0.05) is 23.7 Å². The first-order chi connectivity index (χ1) is 8.81. The summed E-state index contributed by atoms with van der Waals surface area (Å²) in [4.78, 5) is 7.34. The van der Waals surface area contributed by atoms with Crippen LogP contribution in [0.25, 0.3) is 16.2 Å². The minimum atomic E-state index is 0.765. The molecule has 0 N–H and O–H groups in total. The first-order valence-electron chi connectivity index (χ1n) is 6.07. The second kappa shape index (κ2) is 3.84. The lowest BCUT2D eigenvalue weighted by Gasteiger charge is -1.96. The largest absolute Gasteiger partial charge is 0.294 e. The lowest BCUT2D eigenvalue weighted by molar-refractivity contribution is 0.888. The van der Waals surface area contributed by atoms with Gasteiger partial charge in [0.2, 0.25) is 0 Å². The molecule has 0 unspecified atom stereocenters. The van der Waals surface area contributed by atoms with Crippen LogP contribution in [-0.4, -0.2) is 9.38 Å². The van der Waals surface area contributed by atoms with Crippen molar-refractivity contribution in [3.8, 4) is 11.3 Å². The molecule has 2 aromatic heterocycles. The van der Waals surface area contributed by atoms with Crippen molar-refractivity contribution in [1.82, 2.24) is 9.38 Å². The molecule has 0 radical (unpaired) electrons. The summed E-state index contributed by atoms with van der Waals surface area (Å²) in [5, 5.41) is 0.765. The predicted octanol–water partition coefficient (Wildman–Crippen LogP) is 4.20. The van der Waals surface area contributed by atoms with Crippen LogP contribution in [0.3, 0.4) is 0 Å². The summed E-state index contributed by atoms with van der Waals surface area (Å²) in [6.45, 7) is 0. The third-order valence-corrected chi connectivity index (χ3v) is 4.87. The molecule has 1 aliphatic rings. The monoisotopic (exact) mass is 274 g/mol. The van der Waals surface area contributed by atoms with Crippen LogP contribution in [0.2, 0.25) is 5.02 Å². The Morgan fingerprint density at radius 3 is 2.83 bits per heavy atom. The van der Waals surface area contributed by atoms with E-state index in [0.29, 0.717) is 0 Å². The van der Waals surface area contributed by atoms with E-state index >= 15 is 0 Å². The average molecular weight is 275 g/mol. The molecule has 4 rings (SSSR count). The molecule has 0 fully saturated rings. The van der Waals surface area contributed by atoms with Gasteiger partial charge in [-0.15, -0.1) is 11.3 Å². The lowest BCUT2D eigenvalue weighted by atomic mass is 10.2. The molecule has 1 aromatic carbocycles. The van der Waals surface area contributed by atoms with Gasteiger partial charge in [0, 0.05) is 27.4 Å². The fourth-order valence-corrected chi connectivity index (χ4v) is 3.88. The van der Waals surface area contributed by atoms with E-state index in [-0.39, 0.29) is 0 Å². The summed E-state index contributed by atoms with van der Waals surface area (Å²) in [6.07, 6.45) is 5.84. The van der Waals surface area contributed by atoms with E-state index in [4.69, 9.17) is 16.6 Å². The maximum absolute atomic E-state index is 5.91. The molecule has 0 saturated heterocycles. The second-order valence-electron chi connectivity index (χ2n) is 4.61. The van der Waals surface area contributed by atoms with E-state index in [0.717, 1.165) is 21.2 Å². The van der Waals surface area contributed by atoms with E-state index in [2.05, 4.69) is 10.6 Å². The van der Waals surface area contributed by atoms with Gasteiger partial charge in [0.05, 0.1) is 5.69 Å². The number of hydrogen-bond donors (Lipinski definition) is 0. The minimum absolute atomic E-state index is 0.765. The van der Waals surface area contributed by atoms with Gasteiger partial charge in [-0.25, -0.2) is 4.98 Å². The summed E-state index contributed by atoms with van der Waals surface area (Å²) in [7, 11) is 0. The molecule has 4 heteroatoms. The summed E-state index contributed by atoms with van der Waals surface area (Å²) in [5.41, 5.74) is 3.62. The number of benzene rings is 1. The first-order valence-corrected chi connectivity index (χ1v) is 7.26. The molecule has 0 saturated carbocycles. The van der Waals surface area contributed by atoms with Crippen LogP contribution in [-0.2, 0) is 12.8 Å². The highest BCUT2D eigenvalue weighted by atomic mass is 35.5. The van der Waals surface area contributed by atoms with E-state index < -0.39 is 0 Å². The van der Waals surface area contributed by atoms with Crippen molar-refractivity contribution in [2.24, 2.45) is 0 Å². The van der Waals surface area contributed by atoms with Gasteiger partial charge in [0.25, 0.3) is 0 Å². The minimum Gasteiger partial charge on any atom is -0.294 e. The van der Waals surface area contributed by atoms with Crippen LogP contribution in [0.15, 0.2) is 30.5 Å². The fourth-order valence-electron chi connectivity index (χ4n) is 2.56. The number of nitrogens with zero attached hydrogens (tertiary/aromatic N) is 2. The number of fused-ring (bicyclic) bond motifs is 3. The zero-order valence-electron chi connectivity index (χ0n) is 9.69. The van der Waals surface area contributed by atoms with Crippen LogP contribution >= 0.6 is 22.9 Å². The molecule has 18 heavy (non-hydrogen) atoms. The number of aromatic nitrogens is 2. The van der Waals surface area contributed by atoms with E-state index in [1.54, 1.807) is 0 Å². The quantitative estimate of drug-likeness (QED) is 0.650. The number of thiazole rings is 1. The van der Waals surface area contributed by atoms with Gasteiger partial charge in [-0.2, -0.15) is 0 Å². The van der Waals surface area contributed by atoms with Crippen LogP contribution < -0.4 is 0 Å². The van der Waals surface area contributed by atoms with E-state index in [1.165, 1.54) is 29.8 Å². The molecule has 2 heterocycles. The molecule has 1 aliphatic carbocycles. The van der Waals surface area contributed by atoms with Gasteiger partial charge in [0.1, 0.15) is 0 Å². The highest BCUT2D eigenvalue weighted by Gasteiger charge is 2.19. The van der Waals surface area contributed by atoms with Crippen molar-refractivity contribution in [3.63, 3.8) is 0 Å². The first kappa shape index (κ1) is 10.6. The molecular formula is C14H11ClN2S.